The molecular weight excluding hydrogens is 500 g/mol. The first-order valence-corrected chi connectivity index (χ1v) is 12.1. The van der Waals surface area contributed by atoms with Crippen LogP contribution < -0.4 is 24.3 Å². The molecule has 1 heterocycles. The topological polar surface area (TPSA) is 103 Å². The average molecular weight is 529 g/mol. The lowest BCUT2D eigenvalue weighted by molar-refractivity contribution is -0.130. The Labute approximate surface area is 220 Å². The quantitative estimate of drug-likeness (QED) is 0.240. The third kappa shape index (κ3) is 6.62. The second kappa shape index (κ2) is 12.8. The van der Waals surface area contributed by atoms with E-state index in [1.165, 1.54) is 19.3 Å². The van der Waals surface area contributed by atoms with Crippen molar-refractivity contribution in [3.05, 3.63) is 64.7 Å². The maximum Gasteiger partial charge on any atom is 0.331 e. The maximum atomic E-state index is 13.2. The number of imide groups is 2. The van der Waals surface area contributed by atoms with Crippen molar-refractivity contribution < 1.29 is 33.3 Å². The van der Waals surface area contributed by atoms with E-state index in [4.69, 9.17) is 30.5 Å². The van der Waals surface area contributed by atoms with Crippen LogP contribution in [0.5, 0.6) is 23.0 Å². The molecule has 1 N–H and O–H groups in total. The summed E-state index contributed by atoms with van der Waals surface area (Å²) in [5, 5.41) is 2.44. The fourth-order valence-electron chi connectivity index (χ4n) is 3.54. The number of hydrogen-bond acceptors (Lipinski definition) is 7. The first-order chi connectivity index (χ1) is 17.8. The highest BCUT2D eigenvalue weighted by atomic mass is 35.5. The minimum Gasteiger partial charge on any atom is -0.493 e. The molecule has 2 aromatic rings. The fraction of sp³-hybridized carbons (Fsp3) is 0.296. The Morgan fingerprint density at radius 2 is 1.81 bits per heavy atom. The van der Waals surface area contributed by atoms with Gasteiger partial charge in [-0.3, -0.25) is 19.8 Å². The number of benzene rings is 2. The largest absolute Gasteiger partial charge is 0.493 e. The molecule has 1 aliphatic rings. The van der Waals surface area contributed by atoms with E-state index in [2.05, 4.69) is 11.9 Å². The van der Waals surface area contributed by atoms with Gasteiger partial charge in [-0.05, 0) is 54.8 Å². The molecule has 1 saturated heterocycles. The number of ether oxygens (including phenoxy) is 4. The third-order valence-corrected chi connectivity index (χ3v) is 5.49. The summed E-state index contributed by atoms with van der Waals surface area (Å²) >= 11 is 6.34. The van der Waals surface area contributed by atoms with Crippen LogP contribution in [-0.4, -0.2) is 49.7 Å². The third-order valence-electron chi connectivity index (χ3n) is 5.20. The summed E-state index contributed by atoms with van der Waals surface area (Å²) in [6.07, 6.45) is 3.74. The van der Waals surface area contributed by atoms with E-state index < -0.39 is 17.8 Å². The maximum absolute atomic E-state index is 13.2. The first kappa shape index (κ1) is 27.6. The van der Waals surface area contributed by atoms with Crippen molar-refractivity contribution in [3.8, 4) is 23.0 Å². The van der Waals surface area contributed by atoms with Gasteiger partial charge >= 0.3 is 6.03 Å². The van der Waals surface area contributed by atoms with Gasteiger partial charge in [0.05, 0.1) is 31.9 Å². The molecule has 1 fully saturated rings. The van der Waals surface area contributed by atoms with Gasteiger partial charge in [0.1, 0.15) is 12.2 Å². The summed E-state index contributed by atoms with van der Waals surface area (Å²) in [6, 6.07) is 7.46. The summed E-state index contributed by atoms with van der Waals surface area (Å²) in [5.74, 6) is 0.131. The molecule has 37 heavy (non-hydrogen) atoms. The zero-order valence-corrected chi connectivity index (χ0v) is 21.7. The molecule has 3 rings (SSSR count). The number of carbonyl (C=O) groups is 3. The van der Waals surface area contributed by atoms with Crippen molar-refractivity contribution in [2.75, 3.05) is 26.9 Å². The Hall–Kier alpha value is -3.98. The van der Waals surface area contributed by atoms with Gasteiger partial charge in [-0.25, -0.2) is 4.79 Å². The minimum atomic E-state index is -0.819. The monoisotopic (exact) mass is 528 g/mol. The molecule has 0 saturated carbocycles. The van der Waals surface area contributed by atoms with E-state index in [9.17, 15) is 14.4 Å². The Kier molecular flexibility index (Phi) is 9.57. The van der Waals surface area contributed by atoms with Crippen molar-refractivity contribution in [3.63, 3.8) is 0 Å². The van der Waals surface area contributed by atoms with Gasteiger partial charge in [0, 0.05) is 0 Å². The van der Waals surface area contributed by atoms with Crippen LogP contribution in [0.2, 0.25) is 5.02 Å². The highest BCUT2D eigenvalue weighted by Crippen LogP contribution is 2.37. The highest BCUT2D eigenvalue weighted by molar-refractivity contribution is 6.33. The lowest BCUT2D eigenvalue weighted by Crippen LogP contribution is -2.53. The normalized spacial score (nSPS) is 14.4. The molecule has 4 amide bonds. The number of urea groups is 1. The van der Waals surface area contributed by atoms with Crippen molar-refractivity contribution in [1.29, 1.82) is 0 Å². The van der Waals surface area contributed by atoms with Crippen LogP contribution in [0, 0.1) is 0 Å². The summed E-state index contributed by atoms with van der Waals surface area (Å²) in [5.41, 5.74) is 0.806. The number of carbonyl (C=O) groups excluding carboxylic acids is 3. The number of nitrogens with one attached hydrogen (secondary N) is 1. The van der Waals surface area contributed by atoms with Crippen LogP contribution in [0.25, 0.3) is 6.08 Å². The highest BCUT2D eigenvalue weighted by Gasteiger charge is 2.36. The molecular formula is C27H29ClN2O7. The van der Waals surface area contributed by atoms with Crippen molar-refractivity contribution in [2.24, 2.45) is 0 Å². The lowest BCUT2D eigenvalue weighted by Gasteiger charge is -2.26. The zero-order chi connectivity index (χ0) is 26.9. The van der Waals surface area contributed by atoms with Crippen LogP contribution in [0.4, 0.5) is 4.79 Å². The standard InChI is InChI=1S/C27H29ClN2O7/c1-5-10-36-21-9-8-17(14-22(21)35-7-3)16-30-26(32)19(25(31)29-27(30)33)12-18-13-20(28)24(37-11-6-2)23(15-18)34-4/h6,8-9,12-15H,2,5,7,10-11,16H2,1,3-4H3,(H,29,31,33)/b19-12+. The number of rotatable bonds is 12. The predicted molar refractivity (Wildman–Crippen MR) is 139 cm³/mol. The zero-order valence-electron chi connectivity index (χ0n) is 21.0. The van der Waals surface area contributed by atoms with E-state index in [0.717, 1.165) is 11.3 Å². The summed E-state index contributed by atoms with van der Waals surface area (Å²) in [4.78, 5) is 39.3. The molecule has 9 nitrogen and oxygen atoms in total. The van der Waals surface area contributed by atoms with Gasteiger partial charge in [-0.2, -0.15) is 0 Å². The van der Waals surface area contributed by atoms with Crippen LogP contribution in [0.3, 0.4) is 0 Å². The molecule has 0 bridgehead atoms. The second-order valence-corrected chi connectivity index (χ2v) is 8.31. The van der Waals surface area contributed by atoms with Gasteiger partial charge < -0.3 is 18.9 Å². The number of nitrogens with zero attached hydrogens (tertiary/aromatic N) is 1. The summed E-state index contributed by atoms with van der Waals surface area (Å²) < 4.78 is 22.3. The Bertz CT molecular complexity index is 1230. The molecule has 0 unspecified atom stereocenters. The van der Waals surface area contributed by atoms with E-state index in [0.29, 0.717) is 47.3 Å². The van der Waals surface area contributed by atoms with E-state index in [1.807, 2.05) is 13.8 Å². The molecule has 196 valence electrons. The van der Waals surface area contributed by atoms with Crippen LogP contribution >= 0.6 is 11.6 Å². The molecule has 0 aromatic heterocycles. The predicted octanol–water partition coefficient (Wildman–Crippen LogP) is 4.76. The first-order valence-electron chi connectivity index (χ1n) is 11.7. The molecule has 0 atom stereocenters. The summed E-state index contributed by atoms with van der Waals surface area (Å²) in [6.45, 7) is 8.52. The average Bonchev–Trinajstić information content (AvgIpc) is 2.87. The number of halogens is 1. The van der Waals surface area contributed by atoms with Crippen molar-refractivity contribution >= 4 is 35.5 Å². The lowest BCUT2D eigenvalue weighted by atomic mass is 10.1. The molecule has 0 spiro atoms. The van der Waals surface area contributed by atoms with Gasteiger partial charge in [0.15, 0.2) is 23.0 Å². The number of amides is 4. The molecule has 0 aliphatic carbocycles. The number of barbiturate groups is 1. The fourth-order valence-corrected chi connectivity index (χ4v) is 3.82. The van der Waals surface area contributed by atoms with Crippen LogP contribution in [0.1, 0.15) is 31.4 Å². The minimum absolute atomic E-state index is 0.0815. The smallest absolute Gasteiger partial charge is 0.331 e. The molecule has 1 aliphatic heterocycles. The Morgan fingerprint density at radius 1 is 1.03 bits per heavy atom. The van der Waals surface area contributed by atoms with Crippen molar-refractivity contribution in [2.45, 2.75) is 26.8 Å². The van der Waals surface area contributed by atoms with E-state index >= 15 is 0 Å². The van der Waals surface area contributed by atoms with Gasteiger partial charge in [0.2, 0.25) is 0 Å². The second-order valence-electron chi connectivity index (χ2n) is 7.90. The molecule has 10 heteroatoms. The summed E-state index contributed by atoms with van der Waals surface area (Å²) in [7, 11) is 1.44. The number of hydrogen-bond donors (Lipinski definition) is 1. The van der Waals surface area contributed by atoms with Gasteiger partial charge in [-0.15, -0.1) is 0 Å². The van der Waals surface area contributed by atoms with Gasteiger partial charge in [0.25, 0.3) is 11.8 Å². The van der Waals surface area contributed by atoms with Crippen molar-refractivity contribution in [1.82, 2.24) is 10.2 Å². The SMILES string of the molecule is C=CCOc1c(Cl)cc(/C=C2\C(=O)NC(=O)N(Cc3ccc(OCCC)c(OCC)c3)C2=O)cc1OC. The van der Waals surface area contributed by atoms with E-state index in [1.54, 1.807) is 30.3 Å². The van der Waals surface area contributed by atoms with Gasteiger partial charge in [-0.1, -0.05) is 37.2 Å². The molecule has 2 aromatic carbocycles. The van der Waals surface area contributed by atoms with Crippen LogP contribution in [0.15, 0.2) is 48.6 Å². The van der Waals surface area contributed by atoms with Crippen LogP contribution in [-0.2, 0) is 16.1 Å². The Morgan fingerprint density at radius 3 is 2.49 bits per heavy atom. The number of methoxy groups -OCH3 is 1. The Balaban J connectivity index is 1.90. The molecule has 0 radical (unpaired) electrons. The van der Waals surface area contributed by atoms with E-state index in [-0.39, 0.29) is 23.7 Å².